The van der Waals surface area contributed by atoms with E-state index in [2.05, 4.69) is 5.32 Å². The summed E-state index contributed by atoms with van der Waals surface area (Å²) in [7, 11) is -2.95. The van der Waals surface area contributed by atoms with Crippen LogP contribution in [0.1, 0.15) is 13.8 Å². The second-order valence-electron chi connectivity index (χ2n) is 4.10. The topological polar surface area (TPSA) is 55.4 Å². The van der Waals surface area contributed by atoms with Gasteiger partial charge in [0.05, 0.1) is 12.4 Å². The van der Waals surface area contributed by atoms with E-state index in [9.17, 15) is 8.42 Å². The molecule has 0 fully saturated rings. The Kier molecular flexibility index (Phi) is 4.81. The first-order chi connectivity index (χ1) is 7.90. The molecule has 5 heteroatoms. The molecule has 17 heavy (non-hydrogen) atoms. The van der Waals surface area contributed by atoms with Gasteiger partial charge in [-0.1, -0.05) is 0 Å². The van der Waals surface area contributed by atoms with E-state index >= 15 is 0 Å². The molecule has 0 aliphatic heterocycles. The van der Waals surface area contributed by atoms with Gasteiger partial charge in [-0.25, -0.2) is 8.42 Å². The second-order valence-corrected chi connectivity index (χ2v) is 6.28. The molecule has 0 saturated heterocycles. The third-order valence-electron chi connectivity index (χ3n) is 2.13. The summed E-state index contributed by atoms with van der Waals surface area (Å²) in [6, 6.07) is 7.37. The average Bonchev–Trinajstić information content (AvgIpc) is 2.18. The Labute approximate surface area is 103 Å². The van der Waals surface area contributed by atoms with Crippen molar-refractivity contribution in [1.29, 1.82) is 0 Å². The van der Waals surface area contributed by atoms with E-state index in [1.54, 1.807) is 0 Å². The van der Waals surface area contributed by atoms with E-state index in [1.165, 1.54) is 6.26 Å². The highest BCUT2D eigenvalue weighted by molar-refractivity contribution is 7.90. The maximum Gasteiger partial charge on any atom is 0.149 e. The Morgan fingerprint density at radius 1 is 1.29 bits per heavy atom. The maximum absolute atomic E-state index is 11.1. The minimum absolute atomic E-state index is 0.108. The third kappa shape index (κ3) is 5.58. The lowest BCUT2D eigenvalue weighted by Crippen LogP contribution is -2.24. The molecule has 1 atom stereocenters. The van der Waals surface area contributed by atoms with Crippen LogP contribution in [0.4, 0.5) is 5.69 Å². The van der Waals surface area contributed by atoms with Crippen LogP contribution in [-0.4, -0.2) is 33.1 Å². The van der Waals surface area contributed by atoms with Crippen LogP contribution in [0.3, 0.4) is 0 Å². The molecule has 4 nitrogen and oxygen atoms in total. The second kappa shape index (κ2) is 5.91. The van der Waals surface area contributed by atoms with Crippen molar-refractivity contribution < 1.29 is 13.2 Å². The summed E-state index contributed by atoms with van der Waals surface area (Å²) in [5.41, 5.74) is 0.893. The van der Waals surface area contributed by atoms with Gasteiger partial charge in [-0.05, 0) is 38.1 Å². The Hall–Kier alpha value is -1.23. The molecule has 0 heterocycles. The number of ether oxygens (including phenoxy) is 1. The highest BCUT2D eigenvalue weighted by Crippen LogP contribution is 2.16. The fraction of sp³-hybridized carbons (Fsp3) is 0.500. The number of benzene rings is 1. The van der Waals surface area contributed by atoms with Crippen LogP contribution in [0, 0.1) is 0 Å². The van der Waals surface area contributed by atoms with Crippen LogP contribution in [0.15, 0.2) is 24.3 Å². The number of hydrogen-bond acceptors (Lipinski definition) is 4. The van der Waals surface area contributed by atoms with Crippen molar-refractivity contribution in [3.8, 4) is 5.75 Å². The summed E-state index contributed by atoms with van der Waals surface area (Å²) in [4.78, 5) is 0. The van der Waals surface area contributed by atoms with Crippen molar-refractivity contribution in [2.45, 2.75) is 19.9 Å². The quantitative estimate of drug-likeness (QED) is 0.846. The minimum atomic E-state index is -2.95. The van der Waals surface area contributed by atoms with Gasteiger partial charge in [0.1, 0.15) is 15.6 Å². The lowest BCUT2D eigenvalue weighted by molar-refractivity contribution is 0.340. The first-order valence-electron chi connectivity index (χ1n) is 5.58. The summed E-state index contributed by atoms with van der Waals surface area (Å²) in [5.74, 6) is 0.939. The minimum Gasteiger partial charge on any atom is -0.494 e. The zero-order valence-electron chi connectivity index (χ0n) is 10.4. The SMILES string of the molecule is CCOc1ccc(NC(C)CS(C)(=O)=O)cc1. The molecule has 1 rings (SSSR count). The number of rotatable bonds is 6. The van der Waals surface area contributed by atoms with Crippen LogP contribution in [0.25, 0.3) is 0 Å². The fourth-order valence-corrected chi connectivity index (χ4v) is 2.59. The lowest BCUT2D eigenvalue weighted by atomic mass is 10.2. The summed E-state index contributed by atoms with van der Waals surface area (Å²) in [6.45, 7) is 4.41. The lowest BCUT2D eigenvalue weighted by Gasteiger charge is -2.14. The molecular formula is C12H19NO3S. The van der Waals surface area contributed by atoms with Crippen molar-refractivity contribution in [2.24, 2.45) is 0 Å². The molecule has 1 aromatic carbocycles. The predicted octanol–water partition coefficient (Wildman–Crippen LogP) is 1.93. The third-order valence-corrected chi connectivity index (χ3v) is 3.24. The molecule has 0 aromatic heterocycles. The molecular weight excluding hydrogens is 238 g/mol. The molecule has 1 N–H and O–H groups in total. The summed E-state index contributed by atoms with van der Waals surface area (Å²) in [6.07, 6.45) is 1.24. The zero-order valence-corrected chi connectivity index (χ0v) is 11.3. The monoisotopic (exact) mass is 257 g/mol. The van der Waals surface area contributed by atoms with Gasteiger partial charge in [-0.2, -0.15) is 0 Å². The van der Waals surface area contributed by atoms with Gasteiger partial charge in [0.2, 0.25) is 0 Å². The van der Waals surface area contributed by atoms with Gasteiger partial charge >= 0.3 is 0 Å². The molecule has 0 bridgehead atoms. The Balaban J connectivity index is 2.57. The summed E-state index contributed by atoms with van der Waals surface area (Å²) >= 11 is 0. The van der Waals surface area contributed by atoms with Crippen molar-refractivity contribution >= 4 is 15.5 Å². The Bertz CT molecular complexity index is 439. The molecule has 96 valence electrons. The van der Waals surface area contributed by atoms with Gasteiger partial charge in [-0.3, -0.25) is 0 Å². The average molecular weight is 257 g/mol. The van der Waals surface area contributed by atoms with Crippen LogP contribution >= 0.6 is 0 Å². The van der Waals surface area contributed by atoms with E-state index in [-0.39, 0.29) is 11.8 Å². The largest absolute Gasteiger partial charge is 0.494 e. The highest BCUT2D eigenvalue weighted by atomic mass is 32.2. The predicted molar refractivity (Wildman–Crippen MR) is 70.4 cm³/mol. The van der Waals surface area contributed by atoms with E-state index in [0.717, 1.165) is 11.4 Å². The molecule has 0 aliphatic carbocycles. The Morgan fingerprint density at radius 2 is 1.88 bits per heavy atom. The summed E-state index contributed by atoms with van der Waals surface area (Å²) < 4.78 is 27.5. The standard InChI is InChI=1S/C12H19NO3S/c1-4-16-12-7-5-11(6-8-12)13-10(2)9-17(3,14)15/h5-8,10,13H,4,9H2,1-3H3. The van der Waals surface area contributed by atoms with Gasteiger partial charge in [0.25, 0.3) is 0 Å². The van der Waals surface area contributed by atoms with Crippen LogP contribution in [0.5, 0.6) is 5.75 Å². The number of hydrogen-bond donors (Lipinski definition) is 1. The van der Waals surface area contributed by atoms with Crippen LogP contribution in [0.2, 0.25) is 0 Å². The molecule has 0 amide bonds. The highest BCUT2D eigenvalue weighted by Gasteiger charge is 2.09. The molecule has 0 spiro atoms. The van der Waals surface area contributed by atoms with Gasteiger partial charge in [0.15, 0.2) is 0 Å². The first-order valence-corrected chi connectivity index (χ1v) is 7.64. The van der Waals surface area contributed by atoms with Gasteiger partial charge in [0, 0.05) is 18.0 Å². The number of sulfone groups is 1. The van der Waals surface area contributed by atoms with E-state index in [1.807, 2.05) is 38.1 Å². The Morgan fingerprint density at radius 3 is 2.35 bits per heavy atom. The number of nitrogens with one attached hydrogen (secondary N) is 1. The molecule has 1 aromatic rings. The van der Waals surface area contributed by atoms with Crippen molar-refractivity contribution in [3.63, 3.8) is 0 Å². The van der Waals surface area contributed by atoms with Crippen LogP contribution in [-0.2, 0) is 9.84 Å². The van der Waals surface area contributed by atoms with Crippen molar-refractivity contribution in [2.75, 3.05) is 23.9 Å². The van der Waals surface area contributed by atoms with Gasteiger partial charge < -0.3 is 10.1 Å². The van der Waals surface area contributed by atoms with E-state index < -0.39 is 9.84 Å². The molecule has 1 unspecified atom stereocenters. The molecule has 0 saturated carbocycles. The molecule has 0 aliphatic rings. The van der Waals surface area contributed by atoms with Crippen LogP contribution < -0.4 is 10.1 Å². The molecule has 0 radical (unpaired) electrons. The summed E-state index contributed by atoms with van der Waals surface area (Å²) in [5, 5.41) is 3.13. The zero-order chi connectivity index (χ0) is 12.9. The van der Waals surface area contributed by atoms with E-state index in [4.69, 9.17) is 4.74 Å². The van der Waals surface area contributed by atoms with Crippen molar-refractivity contribution in [3.05, 3.63) is 24.3 Å². The van der Waals surface area contributed by atoms with Gasteiger partial charge in [-0.15, -0.1) is 0 Å². The smallest absolute Gasteiger partial charge is 0.149 e. The van der Waals surface area contributed by atoms with Crippen molar-refractivity contribution in [1.82, 2.24) is 0 Å². The normalized spacial score (nSPS) is 13.1. The number of anilines is 1. The van der Waals surface area contributed by atoms with E-state index in [0.29, 0.717) is 6.61 Å². The maximum atomic E-state index is 11.1. The first kappa shape index (κ1) is 13.8. The fourth-order valence-electron chi connectivity index (χ4n) is 1.59.